The van der Waals surface area contributed by atoms with E-state index in [9.17, 15) is 0 Å². The average molecular weight is 277 g/mol. The average Bonchev–Trinajstić information content (AvgIpc) is 3.04. The maximum absolute atomic E-state index is 4.04. The third-order valence-corrected chi connectivity index (χ3v) is 3.89. The van der Waals surface area contributed by atoms with Crippen molar-refractivity contribution < 1.29 is 0 Å². The van der Waals surface area contributed by atoms with Crippen molar-refractivity contribution in [3.8, 4) is 11.3 Å². The Morgan fingerprint density at radius 2 is 1.86 bits per heavy atom. The summed E-state index contributed by atoms with van der Waals surface area (Å²) in [5.41, 5.74) is 7.34. The first-order valence-electron chi connectivity index (χ1n) is 7.12. The summed E-state index contributed by atoms with van der Waals surface area (Å²) in [5, 5.41) is 3.48. The molecule has 0 aliphatic carbocycles. The second kappa shape index (κ2) is 5.83. The Morgan fingerprint density at radius 1 is 1.05 bits per heavy atom. The van der Waals surface area contributed by atoms with Crippen LogP contribution in [0, 0.1) is 13.8 Å². The number of aromatic amines is 1. The molecule has 0 amide bonds. The highest BCUT2D eigenvalue weighted by molar-refractivity contribution is 5.62. The summed E-state index contributed by atoms with van der Waals surface area (Å²) in [5.74, 6) is 0. The second-order valence-electron chi connectivity index (χ2n) is 5.26. The Bertz CT molecular complexity index is 713. The SMILES string of the molecule is Cc1cccc(CNc2ccc(-c3cnc[nH]3)cc2)c1C. The monoisotopic (exact) mass is 277 g/mol. The van der Waals surface area contributed by atoms with Gasteiger partial charge in [0, 0.05) is 12.2 Å². The number of nitrogens with zero attached hydrogens (tertiary/aromatic N) is 1. The number of hydrogen-bond acceptors (Lipinski definition) is 2. The van der Waals surface area contributed by atoms with Gasteiger partial charge in [0.15, 0.2) is 0 Å². The van der Waals surface area contributed by atoms with Crippen molar-refractivity contribution in [3.05, 3.63) is 71.7 Å². The lowest BCUT2D eigenvalue weighted by Gasteiger charge is -2.11. The zero-order chi connectivity index (χ0) is 14.7. The van der Waals surface area contributed by atoms with Crippen LogP contribution in [-0.2, 0) is 6.54 Å². The van der Waals surface area contributed by atoms with Crippen LogP contribution in [0.3, 0.4) is 0 Å². The number of benzene rings is 2. The van der Waals surface area contributed by atoms with E-state index in [1.165, 1.54) is 16.7 Å². The fourth-order valence-corrected chi connectivity index (χ4v) is 2.38. The van der Waals surface area contributed by atoms with Crippen LogP contribution >= 0.6 is 0 Å². The summed E-state index contributed by atoms with van der Waals surface area (Å²) in [4.78, 5) is 7.16. The Morgan fingerprint density at radius 3 is 2.57 bits per heavy atom. The molecule has 0 bridgehead atoms. The molecule has 1 aromatic heterocycles. The molecule has 3 nitrogen and oxygen atoms in total. The molecule has 0 radical (unpaired) electrons. The van der Waals surface area contributed by atoms with E-state index in [1.54, 1.807) is 6.33 Å². The first-order chi connectivity index (χ1) is 10.2. The first kappa shape index (κ1) is 13.4. The van der Waals surface area contributed by atoms with Crippen LogP contribution in [0.2, 0.25) is 0 Å². The number of aryl methyl sites for hydroxylation is 1. The van der Waals surface area contributed by atoms with Gasteiger partial charge in [-0.2, -0.15) is 0 Å². The number of anilines is 1. The summed E-state index contributed by atoms with van der Waals surface area (Å²) in [6.07, 6.45) is 3.53. The van der Waals surface area contributed by atoms with Crippen molar-refractivity contribution in [1.29, 1.82) is 0 Å². The van der Waals surface area contributed by atoms with Gasteiger partial charge in [-0.15, -0.1) is 0 Å². The van der Waals surface area contributed by atoms with Gasteiger partial charge in [0.05, 0.1) is 18.2 Å². The van der Waals surface area contributed by atoms with Crippen LogP contribution < -0.4 is 5.32 Å². The van der Waals surface area contributed by atoms with E-state index >= 15 is 0 Å². The Hall–Kier alpha value is -2.55. The fraction of sp³-hybridized carbons (Fsp3) is 0.167. The molecule has 2 N–H and O–H groups in total. The van der Waals surface area contributed by atoms with E-state index < -0.39 is 0 Å². The molecule has 3 aromatic rings. The molecule has 2 aromatic carbocycles. The van der Waals surface area contributed by atoms with Gasteiger partial charge < -0.3 is 10.3 Å². The Kier molecular flexibility index (Phi) is 3.73. The van der Waals surface area contributed by atoms with Crippen molar-refractivity contribution in [2.45, 2.75) is 20.4 Å². The van der Waals surface area contributed by atoms with Crippen molar-refractivity contribution in [3.63, 3.8) is 0 Å². The lowest BCUT2D eigenvalue weighted by atomic mass is 10.0. The van der Waals surface area contributed by atoms with Gasteiger partial charge in [0.1, 0.15) is 0 Å². The van der Waals surface area contributed by atoms with E-state index in [1.807, 2.05) is 6.20 Å². The van der Waals surface area contributed by atoms with Gasteiger partial charge >= 0.3 is 0 Å². The molecule has 3 rings (SSSR count). The van der Waals surface area contributed by atoms with Gasteiger partial charge in [-0.05, 0) is 48.2 Å². The number of hydrogen-bond donors (Lipinski definition) is 2. The molecule has 0 aliphatic rings. The van der Waals surface area contributed by atoms with Crippen molar-refractivity contribution in [1.82, 2.24) is 9.97 Å². The number of nitrogens with one attached hydrogen (secondary N) is 2. The minimum atomic E-state index is 0.844. The minimum Gasteiger partial charge on any atom is -0.381 e. The summed E-state index contributed by atoms with van der Waals surface area (Å²) in [6.45, 7) is 5.17. The molecule has 0 aliphatic heterocycles. The van der Waals surface area contributed by atoms with Crippen molar-refractivity contribution >= 4 is 5.69 Å². The zero-order valence-electron chi connectivity index (χ0n) is 12.4. The maximum atomic E-state index is 4.04. The summed E-state index contributed by atoms with van der Waals surface area (Å²) in [6, 6.07) is 14.8. The molecule has 0 fully saturated rings. The van der Waals surface area contributed by atoms with Crippen molar-refractivity contribution in [2.75, 3.05) is 5.32 Å². The molecular weight excluding hydrogens is 258 g/mol. The van der Waals surface area contributed by atoms with Gasteiger partial charge in [-0.25, -0.2) is 4.98 Å². The predicted octanol–water partition coefficient (Wildman–Crippen LogP) is 4.31. The van der Waals surface area contributed by atoms with Crippen molar-refractivity contribution in [2.24, 2.45) is 0 Å². The molecule has 0 atom stereocenters. The highest BCUT2D eigenvalue weighted by atomic mass is 14.9. The van der Waals surface area contributed by atoms with E-state index in [2.05, 4.69) is 71.6 Å². The zero-order valence-corrected chi connectivity index (χ0v) is 12.4. The maximum Gasteiger partial charge on any atom is 0.0924 e. The third kappa shape index (κ3) is 2.97. The van der Waals surface area contributed by atoms with Crippen LogP contribution in [0.25, 0.3) is 11.3 Å². The highest BCUT2D eigenvalue weighted by Crippen LogP contribution is 2.20. The molecule has 1 heterocycles. The van der Waals surface area contributed by atoms with Gasteiger partial charge in [-0.3, -0.25) is 0 Å². The molecule has 0 unspecified atom stereocenters. The molecule has 106 valence electrons. The number of aromatic nitrogens is 2. The molecular formula is C18H19N3. The normalized spacial score (nSPS) is 10.6. The lowest BCUT2D eigenvalue weighted by molar-refractivity contribution is 1.10. The minimum absolute atomic E-state index is 0.844. The largest absolute Gasteiger partial charge is 0.381 e. The van der Waals surface area contributed by atoms with Crippen LogP contribution in [0.15, 0.2) is 55.0 Å². The van der Waals surface area contributed by atoms with E-state index in [0.29, 0.717) is 0 Å². The molecule has 21 heavy (non-hydrogen) atoms. The predicted molar refractivity (Wildman–Crippen MR) is 87.3 cm³/mol. The molecule has 0 spiro atoms. The smallest absolute Gasteiger partial charge is 0.0924 e. The molecule has 0 saturated heterocycles. The Balaban J connectivity index is 1.70. The lowest BCUT2D eigenvalue weighted by Crippen LogP contribution is -2.02. The van der Waals surface area contributed by atoms with Crippen LogP contribution in [-0.4, -0.2) is 9.97 Å². The summed E-state index contributed by atoms with van der Waals surface area (Å²) in [7, 11) is 0. The van der Waals surface area contributed by atoms with Crippen LogP contribution in [0.1, 0.15) is 16.7 Å². The number of imidazole rings is 1. The topological polar surface area (TPSA) is 40.7 Å². The second-order valence-corrected chi connectivity index (χ2v) is 5.26. The number of H-pyrrole nitrogens is 1. The number of rotatable bonds is 4. The van der Waals surface area contributed by atoms with E-state index in [0.717, 1.165) is 23.5 Å². The fourth-order valence-electron chi connectivity index (χ4n) is 2.38. The van der Waals surface area contributed by atoms with Gasteiger partial charge in [0.2, 0.25) is 0 Å². The summed E-state index contributed by atoms with van der Waals surface area (Å²) >= 11 is 0. The molecule has 0 saturated carbocycles. The van der Waals surface area contributed by atoms with E-state index in [4.69, 9.17) is 0 Å². The Labute approximate surface area is 125 Å². The third-order valence-electron chi connectivity index (χ3n) is 3.89. The quantitative estimate of drug-likeness (QED) is 0.746. The highest BCUT2D eigenvalue weighted by Gasteiger charge is 2.02. The van der Waals surface area contributed by atoms with Crippen LogP contribution in [0.4, 0.5) is 5.69 Å². The van der Waals surface area contributed by atoms with Gasteiger partial charge in [0.25, 0.3) is 0 Å². The van der Waals surface area contributed by atoms with E-state index in [-0.39, 0.29) is 0 Å². The van der Waals surface area contributed by atoms with Gasteiger partial charge in [-0.1, -0.05) is 30.3 Å². The standard InChI is InChI=1S/C18H19N3/c1-13-4-3-5-16(14(13)2)10-20-17-8-6-15(7-9-17)18-11-19-12-21-18/h3-9,11-12,20H,10H2,1-2H3,(H,19,21). The summed E-state index contributed by atoms with van der Waals surface area (Å²) < 4.78 is 0. The van der Waals surface area contributed by atoms with Crippen LogP contribution in [0.5, 0.6) is 0 Å². The first-order valence-corrected chi connectivity index (χ1v) is 7.12. The molecule has 3 heteroatoms.